The molecule has 2 aliphatic rings. The minimum Gasteiger partial charge on any atom is -0.497 e. The number of hydrogen-bond donors (Lipinski definition) is 1. The van der Waals surface area contributed by atoms with E-state index in [1.54, 1.807) is 7.11 Å². The molecule has 1 aliphatic carbocycles. The van der Waals surface area contributed by atoms with Crippen LogP contribution in [0.25, 0.3) is 0 Å². The minimum absolute atomic E-state index is 0.0770. The first-order valence-electron chi connectivity index (χ1n) is 8.84. The number of carbonyl (C=O) groups excluding carboxylic acids is 1. The first-order chi connectivity index (χ1) is 11.2. The summed E-state index contributed by atoms with van der Waals surface area (Å²) in [6, 6.07) is 8.42. The molecule has 0 unspecified atom stereocenters. The Labute approximate surface area is 139 Å². The molecule has 3 rings (SSSR count). The third-order valence-corrected chi connectivity index (χ3v) is 5.50. The highest BCUT2D eigenvalue weighted by Gasteiger charge is 2.34. The van der Waals surface area contributed by atoms with Crippen LogP contribution >= 0.6 is 0 Å². The molecule has 1 aromatic carbocycles. The SMILES string of the molecule is COc1ccc(CC2CCN(C(=O)[C@H]3CCC[C@H]3N)CC2)cc1. The summed E-state index contributed by atoms with van der Waals surface area (Å²) >= 11 is 0. The minimum atomic E-state index is 0.0770. The van der Waals surface area contributed by atoms with Gasteiger partial charge in [0.2, 0.25) is 5.91 Å². The summed E-state index contributed by atoms with van der Waals surface area (Å²) in [4.78, 5) is 14.6. The van der Waals surface area contributed by atoms with Gasteiger partial charge in [-0.3, -0.25) is 4.79 Å². The van der Waals surface area contributed by atoms with Crippen LogP contribution in [0.4, 0.5) is 0 Å². The smallest absolute Gasteiger partial charge is 0.227 e. The van der Waals surface area contributed by atoms with E-state index in [4.69, 9.17) is 10.5 Å². The normalized spacial score (nSPS) is 25.6. The Kier molecular flexibility index (Phi) is 5.21. The standard InChI is InChI=1S/C19H28N2O2/c1-23-16-7-5-14(6-8-16)13-15-9-11-21(12-10-15)19(22)17-3-2-4-18(17)20/h5-8,15,17-18H,2-4,9-13,20H2,1H3/t17-,18+/m0/s1. The van der Waals surface area contributed by atoms with Gasteiger partial charge in [0.15, 0.2) is 0 Å². The van der Waals surface area contributed by atoms with Crippen molar-refractivity contribution in [2.24, 2.45) is 17.6 Å². The number of hydrogen-bond acceptors (Lipinski definition) is 3. The summed E-state index contributed by atoms with van der Waals surface area (Å²) in [7, 11) is 1.69. The average Bonchev–Trinajstić information content (AvgIpc) is 3.02. The number of piperidine rings is 1. The number of ether oxygens (including phenoxy) is 1. The van der Waals surface area contributed by atoms with Gasteiger partial charge >= 0.3 is 0 Å². The van der Waals surface area contributed by atoms with Crippen molar-refractivity contribution >= 4 is 5.91 Å². The van der Waals surface area contributed by atoms with E-state index in [0.29, 0.717) is 11.8 Å². The van der Waals surface area contributed by atoms with Gasteiger partial charge in [0.25, 0.3) is 0 Å². The van der Waals surface area contributed by atoms with E-state index >= 15 is 0 Å². The van der Waals surface area contributed by atoms with E-state index in [1.807, 2.05) is 12.1 Å². The Morgan fingerprint density at radius 2 is 1.87 bits per heavy atom. The fraction of sp³-hybridized carbons (Fsp3) is 0.632. The van der Waals surface area contributed by atoms with Crippen molar-refractivity contribution < 1.29 is 9.53 Å². The average molecular weight is 316 g/mol. The highest BCUT2D eigenvalue weighted by Crippen LogP contribution is 2.29. The molecule has 0 bridgehead atoms. The van der Waals surface area contributed by atoms with Gasteiger partial charge < -0.3 is 15.4 Å². The van der Waals surface area contributed by atoms with Gasteiger partial charge in [-0.25, -0.2) is 0 Å². The molecular formula is C19H28N2O2. The molecule has 23 heavy (non-hydrogen) atoms. The van der Waals surface area contributed by atoms with Gasteiger partial charge in [-0.2, -0.15) is 0 Å². The summed E-state index contributed by atoms with van der Waals surface area (Å²) in [6.45, 7) is 1.78. The number of carbonyl (C=O) groups is 1. The van der Waals surface area contributed by atoms with Crippen molar-refractivity contribution in [2.45, 2.75) is 44.6 Å². The summed E-state index contributed by atoms with van der Waals surface area (Å²) in [5.41, 5.74) is 7.44. The number of nitrogens with two attached hydrogens (primary N) is 1. The highest BCUT2D eigenvalue weighted by molar-refractivity contribution is 5.80. The van der Waals surface area contributed by atoms with E-state index in [0.717, 1.165) is 57.4 Å². The predicted octanol–water partition coefficient (Wildman–Crippen LogP) is 2.60. The van der Waals surface area contributed by atoms with Crippen LogP contribution in [0.3, 0.4) is 0 Å². The lowest BCUT2D eigenvalue weighted by atomic mass is 9.89. The Morgan fingerprint density at radius 3 is 2.43 bits per heavy atom. The third-order valence-electron chi connectivity index (χ3n) is 5.50. The van der Waals surface area contributed by atoms with Crippen molar-refractivity contribution in [3.05, 3.63) is 29.8 Å². The summed E-state index contributed by atoms with van der Waals surface area (Å²) in [6.07, 6.45) is 6.37. The molecule has 0 spiro atoms. The molecule has 2 atom stereocenters. The van der Waals surface area contributed by atoms with Crippen LogP contribution in [-0.4, -0.2) is 37.0 Å². The zero-order valence-corrected chi connectivity index (χ0v) is 14.0. The van der Waals surface area contributed by atoms with Crippen molar-refractivity contribution in [2.75, 3.05) is 20.2 Å². The summed E-state index contributed by atoms with van der Waals surface area (Å²) in [5, 5.41) is 0. The molecule has 4 heteroatoms. The second-order valence-electron chi connectivity index (χ2n) is 7.02. The number of nitrogens with zero attached hydrogens (tertiary/aromatic N) is 1. The summed E-state index contributed by atoms with van der Waals surface area (Å²) < 4.78 is 5.20. The molecule has 0 radical (unpaired) electrons. The number of likely N-dealkylation sites (tertiary alicyclic amines) is 1. The molecular weight excluding hydrogens is 288 g/mol. The quantitative estimate of drug-likeness (QED) is 0.929. The van der Waals surface area contributed by atoms with Gasteiger partial charge in [-0.05, 0) is 55.7 Å². The lowest BCUT2D eigenvalue weighted by molar-refractivity contribution is -0.137. The number of benzene rings is 1. The molecule has 1 aromatic rings. The zero-order valence-electron chi connectivity index (χ0n) is 14.0. The maximum atomic E-state index is 12.6. The maximum absolute atomic E-state index is 12.6. The largest absolute Gasteiger partial charge is 0.497 e. The van der Waals surface area contributed by atoms with Gasteiger partial charge in [-0.15, -0.1) is 0 Å². The van der Waals surface area contributed by atoms with E-state index in [2.05, 4.69) is 17.0 Å². The second-order valence-corrected chi connectivity index (χ2v) is 7.02. The number of rotatable bonds is 4. The van der Waals surface area contributed by atoms with Gasteiger partial charge in [-0.1, -0.05) is 18.6 Å². The fourth-order valence-electron chi connectivity index (χ4n) is 3.98. The Morgan fingerprint density at radius 1 is 1.17 bits per heavy atom. The van der Waals surface area contributed by atoms with Crippen molar-refractivity contribution in [1.29, 1.82) is 0 Å². The predicted molar refractivity (Wildman–Crippen MR) is 91.3 cm³/mol. The first-order valence-corrected chi connectivity index (χ1v) is 8.84. The van der Waals surface area contributed by atoms with Gasteiger partial charge in [0.1, 0.15) is 5.75 Å². The topological polar surface area (TPSA) is 55.6 Å². The third kappa shape index (κ3) is 3.86. The Hall–Kier alpha value is -1.55. The van der Waals surface area contributed by atoms with Crippen LogP contribution in [0, 0.1) is 11.8 Å². The van der Waals surface area contributed by atoms with Crippen LogP contribution in [0.15, 0.2) is 24.3 Å². The molecule has 1 saturated carbocycles. The Bertz CT molecular complexity index is 521. The van der Waals surface area contributed by atoms with E-state index in [-0.39, 0.29) is 12.0 Å². The zero-order chi connectivity index (χ0) is 16.2. The molecule has 2 N–H and O–H groups in total. The molecule has 1 amide bonds. The maximum Gasteiger partial charge on any atom is 0.227 e. The van der Waals surface area contributed by atoms with Gasteiger partial charge in [0.05, 0.1) is 13.0 Å². The molecule has 126 valence electrons. The molecule has 1 heterocycles. The van der Waals surface area contributed by atoms with Crippen molar-refractivity contribution in [3.63, 3.8) is 0 Å². The van der Waals surface area contributed by atoms with E-state index in [9.17, 15) is 4.79 Å². The second kappa shape index (κ2) is 7.35. The summed E-state index contributed by atoms with van der Waals surface area (Å²) in [5.74, 6) is 1.96. The van der Waals surface area contributed by atoms with Crippen LogP contribution < -0.4 is 10.5 Å². The van der Waals surface area contributed by atoms with Crippen LogP contribution in [0.2, 0.25) is 0 Å². The monoisotopic (exact) mass is 316 g/mol. The number of amides is 1. The lowest BCUT2D eigenvalue weighted by Crippen LogP contribution is -2.45. The van der Waals surface area contributed by atoms with Crippen molar-refractivity contribution in [1.82, 2.24) is 4.90 Å². The first kappa shape index (κ1) is 16.3. The van der Waals surface area contributed by atoms with Crippen LogP contribution in [0.5, 0.6) is 5.75 Å². The lowest BCUT2D eigenvalue weighted by Gasteiger charge is -2.34. The Balaban J connectivity index is 1.49. The van der Waals surface area contributed by atoms with Gasteiger partial charge in [0, 0.05) is 19.1 Å². The molecule has 1 saturated heterocycles. The van der Waals surface area contributed by atoms with Crippen LogP contribution in [-0.2, 0) is 11.2 Å². The van der Waals surface area contributed by atoms with Crippen molar-refractivity contribution in [3.8, 4) is 5.75 Å². The number of methoxy groups -OCH3 is 1. The molecule has 4 nitrogen and oxygen atoms in total. The van der Waals surface area contributed by atoms with E-state index in [1.165, 1.54) is 5.56 Å². The molecule has 2 fully saturated rings. The van der Waals surface area contributed by atoms with Crippen LogP contribution in [0.1, 0.15) is 37.7 Å². The van der Waals surface area contributed by atoms with E-state index < -0.39 is 0 Å². The highest BCUT2D eigenvalue weighted by atomic mass is 16.5. The molecule has 1 aliphatic heterocycles. The molecule has 0 aromatic heterocycles. The fourth-order valence-corrected chi connectivity index (χ4v) is 3.98.